The molecule has 41 heavy (non-hydrogen) atoms. The van der Waals surface area contributed by atoms with Crippen LogP contribution < -0.4 is 5.32 Å². The van der Waals surface area contributed by atoms with Crippen LogP contribution in [0.25, 0.3) is 22.3 Å². The van der Waals surface area contributed by atoms with Crippen molar-refractivity contribution in [1.29, 1.82) is 0 Å². The van der Waals surface area contributed by atoms with Gasteiger partial charge in [-0.15, -0.1) is 0 Å². The number of nitrogens with zero attached hydrogens (tertiary/aromatic N) is 3. The number of carbonyl (C=O) groups excluding carboxylic acids is 1. The molecule has 1 fully saturated rings. The number of hydrogen-bond acceptors (Lipinski definition) is 8. The topological polar surface area (TPSA) is 120 Å². The fourth-order valence-electron chi connectivity index (χ4n) is 4.82. The molecule has 0 spiro atoms. The zero-order chi connectivity index (χ0) is 28.7. The Labute approximate surface area is 241 Å². The van der Waals surface area contributed by atoms with Gasteiger partial charge in [0.1, 0.15) is 0 Å². The predicted molar refractivity (Wildman–Crippen MR) is 150 cm³/mol. The summed E-state index contributed by atoms with van der Waals surface area (Å²) >= 11 is 6.26. The van der Waals surface area contributed by atoms with Crippen LogP contribution in [0.1, 0.15) is 51.6 Å². The van der Waals surface area contributed by atoms with E-state index in [0.29, 0.717) is 23.7 Å². The van der Waals surface area contributed by atoms with Crippen molar-refractivity contribution in [3.8, 4) is 11.4 Å². The number of alkyl halides is 1. The highest BCUT2D eigenvalue weighted by molar-refractivity contribution is 7.92. The summed E-state index contributed by atoms with van der Waals surface area (Å²) in [7, 11) is -2.68. The standard InChI is InChI=1S/C29H26ClFN4O5S/c1-39-13-18-5-7-24(35-28(18)16-2-3-16)23-6-4-17-11-32-20(10-25(17)34-23)12-33-29(36)19-8-22(30)21-14-40-15-27(31)41(37,38)26(21)9-19/h4-11,16,27H,2-3,12-15H2,1H3,(H,33,36)/t27-/m1/s1. The molecule has 1 N–H and O–H groups in total. The van der Waals surface area contributed by atoms with Gasteiger partial charge in [-0.25, -0.2) is 17.8 Å². The van der Waals surface area contributed by atoms with Crippen LogP contribution in [0.2, 0.25) is 5.02 Å². The van der Waals surface area contributed by atoms with Crippen LogP contribution in [-0.2, 0) is 39.1 Å². The maximum absolute atomic E-state index is 14.2. The molecule has 1 amide bonds. The molecular formula is C29H26ClFN4O5S. The van der Waals surface area contributed by atoms with Crippen molar-refractivity contribution in [2.75, 3.05) is 13.7 Å². The van der Waals surface area contributed by atoms with Gasteiger partial charge in [0.15, 0.2) is 0 Å². The van der Waals surface area contributed by atoms with Gasteiger partial charge in [0.05, 0.1) is 53.9 Å². The van der Waals surface area contributed by atoms with Gasteiger partial charge in [0.2, 0.25) is 15.3 Å². The van der Waals surface area contributed by atoms with Crippen molar-refractivity contribution in [2.24, 2.45) is 0 Å². The molecule has 0 radical (unpaired) electrons. The zero-order valence-electron chi connectivity index (χ0n) is 22.1. The summed E-state index contributed by atoms with van der Waals surface area (Å²) in [5.74, 6) is -0.122. The molecular weight excluding hydrogens is 571 g/mol. The number of carbonyl (C=O) groups is 1. The van der Waals surface area contributed by atoms with Gasteiger partial charge < -0.3 is 14.8 Å². The lowest BCUT2D eigenvalue weighted by atomic mass is 10.1. The van der Waals surface area contributed by atoms with Crippen LogP contribution in [-0.4, -0.2) is 48.5 Å². The Morgan fingerprint density at radius 2 is 1.93 bits per heavy atom. The molecule has 0 unspecified atom stereocenters. The number of amides is 1. The third-order valence-corrected chi connectivity index (χ3v) is 9.28. The number of aromatic nitrogens is 3. The second kappa shape index (κ2) is 11.1. The number of ether oxygens (including phenoxy) is 2. The van der Waals surface area contributed by atoms with E-state index in [0.717, 1.165) is 46.9 Å². The Bertz CT molecular complexity index is 1780. The number of benzene rings is 1. The molecule has 6 rings (SSSR count). The van der Waals surface area contributed by atoms with E-state index in [9.17, 15) is 17.6 Å². The number of nitrogens with one attached hydrogen (secondary N) is 1. The fourth-order valence-corrected chi connectivity index (χ4v) is 6.51. The molecule has 4 heterocycles. The third kappa shape index (κ3) is 5.54. The molecule has 12 heteroatoms. The molecule has 0 saturated heterocycles. The van der Waals surface area contributed by atoms with Gasteiger partial charge in [-0.1, -0.05) is 17.7 Å². The first-order valence-electron chi connectivity index (χ1n) is 13.1. The number of halogens is 2. The average molecular weight is 597 g/mol. The van der Waals surface area contributed by atoms with E-state index in [1.54, 1.807) is 19.4 Å². The van der Waals surface area contributed by atoms with Crippen molar-refractivity contribution in [1.82, 2.24) is 20.3 Å². The molecule has 2 aliphatic rings. The first kappa shape index (κ1) is 27.6. The van der Waals surface area contributed by atoms with Crippen LogP contribution in [0.3, 0.4) is 0 Å². The van der Waals surface area contributed by atoms with E-state index in [1.807, 2.05) is 24.3 Å². The molecule has 3 aromatic heterocycles. The number of rotatable bonds is 7. The summed E-state index contributed by atoms with van der Waals surface area (Å²) in [6, 6.07) is 12.1. The van der Waals surface area contributed by atoms with Crippen LogP contribution in [0.4, 0.5) is 4.39 Å². The fraction of sp³-hybridized carbons (Fsp3) is 0.310. The highest BCUT2D eigenvalue weighted by Gasteiger charge is 2.34. The highest BCUT2D eigenvalue weighted by Crippen LogP contribution is 2.41. The monoisotopic (exact) mass is 596 g/mol. The normalized spacial score (nSPS) is 18.1. The van der Waals surface area contributed by atoms with Crippen molar-refractivity contribution < 1.29 is 27.1 Å². The molecule has 1 atom stereocenters. The third-order valence-electron chi connectivity index (χ3n) is 7.15. The maximum Gasteiger partial charge on any atom is 0.251 e. The number of fused-ring (bicyclic) bond motifs is 2. The summed E-state index contributed by atoms with van der Waals surface area (Å²) in [5.41, 5.74) is 2.76. The number of methoxy groups -OCH3 is 1. The van der Waals surface area contributed by atoms with Gasteiger partial charge in [0, 0.05) is 46.5 Å². The van der Waals surface area contributed by atoms with Crippen LogP contribution >= 0.6 is 11.6 Å². The van der Waals surface area contributed by atoms with E-state index in [2.05, 4.69) is 10.3 Å². The van der Waals surface area contributed by atoms with Gasteiger partial charge in [-0.3, -0.25) is 14.8 Å². The molecule has 1 aromatic carbocycles. The lowest BCUT2D eigenvalue weighted by molar-refractivity contribution is 0.0947. The lowest BCUT2D eigenvalue weighted by Crippen LogP contribution is -2.24. The first-order valence-corrected chi connectivity index (χ1v) is 15.0. The second-order valence-corrected chi connectivity index (χ2v) is 12.5. The van der Waals surface area contributed by atoms with E-state index >= 15 is 0 Å². The number of hydrogen-bond donors (Lipinski definition) is 1. The summed E-state index contributed by atoms with van der Waals surface area (Å²) in [6.07, 6.45) is 3.92. The van der Waals surface area contributed by atoms with Crippen molar-refractivity contribution in [3.05, 3.63) is 81.8 Å². The van der Waals surface area contributed by atoms with Crippen LogP contribution in [0, 0.1) is 0 Å². The van der Waals surface area contributed by atoms with Gasteiger partial charge >= 0.3 is 0 Å². The second-order valence-electron chi connectivity index (χ2n) is 10.1. The van der Waals surface area contributed by atoms with E-state index < -0.39 is 27.9 Å². The van der Waals surface area contributed by atoms with Crippen molar-refractivity contribution >= 4 is 38.2 Å². The Kier molecular flexibility index (Phi) is 7.45. The average Bonchev–Trinajstić information content (AvgIpc) is 3.82. The Morgan fingerprint density at radius 1 is 1.15 bits per heavy atom. The first-order chi connectivity index (χ1) is 19.7. The molecule has 1 aliphatic heterocycles. The molecule has 0 bridgehead atoms. The van der Waals surface area contributed by atoms with E-state index in [1.165, 1.54) is 6.07 Å². The minimum absolute atomic E-state index is 0.0120. The smallest absolute Gasteiger partial charge is 0.251 e. The molecule has 212 valence electrons. The number of pyridine rings is 3. The summed E-state index contributed by atoms with van der Waals surface area (Å²) in [4.78, 5) is 26.7. The van der Waals surface area contributed by atoms with Crippen molar-refractivity contribution in [2.45, 2.75) is 48.9 Å². The van der Waals surface area contributed by atoms with E-state index in [-0.39, 0.29) is 34.2 Å². The summed E-state index contributed by atoms with van der Waals surface area (Å²) in [5, 5.41) is 3.57. The van der Waals surface area contributed by atoms with Gasteiger partial charge in [-0.2, -0.15) is 0 Å². The van der Waals surface area contributed by atoms with Gasteiger partial charge in [-0.05, 0) is 54.8 Å². The zero-order valence-corrected chi connectivity index (χ0v) is 23.6. The Hall–Kier alpha value is -3.51. The lowest BCUT2D eigenvalue weighted by Gasteiger charge is -2.12. The molecule has 9 nitrogen and oxygen atoms in total. The largest absolute Gasteiger partial charge is 0.380 e. The Morgan fingerprint density at radius 3 is 2.71 bits per heavy atom. The molecule has 1 aliphatic carbocycles. The van der Waals surface area contributed by atoms with Crippen molar-refractivity contribution in [3.63, 3.8) is 0 Å². The molecule has 1 saturated carbocycles. The minimum Gasteiger partial charge on any atom is -0.380 e. The quantitative estimate of drug-likeness (QED) is 0.320. The summed E-state index contributed by atoms with van der Waals surface area (Å²) < 4.78 is 49.9. The minimum atomic E-state index is -4.35. The highest BCUT2D eigenvalue weighted by atomic mass is 35.5. The molecule has 4 aromatic rings. The van der Waals surface area contributed by atoms with Crippen LogP contribution in [0.15, 0.2) is 53.6 Å². The van der Waals surface area contributed by atoms with Crippen LogP contribution in [0.5, 0.6) is 0 Å². The maximum atomic E-state index is 14.2. The number of sulfone groups is 1. The predicted octanol–water partition coefficient (Wildman–Crippen LogP) is 4.90. The van der Waals surface area contributed by atoms with E-state index in [4.69, 9.17) is 31.0 Å². The van der Waals surface area contributed by atoms with Gasteiger partial charge in [0.25, 0.3) is 5.91 Å². The SMILES string of the molecule is COCc1ccc(-c2ccc3cnc(CNC(=O)c4cc(Cl)c5c(c4)S(=O)(=O)[C@@H](F)COC5)cc3n2)nc1C1CC1. The Balaban J connectivity index is 1.23. The summed E-state index contributed by atoms with van der Waals surface area (Å²) in [6.45, 7) is -0.203.